The monoisotopic (exact) mass is 638 g/mol. The molecule has 0 unspecified atom stereocenters. The smallest absolute Gasteiger partial charge is 0.229 e. The van der Waals surface area contributed by atoms with Crippen LogP contribution in [-0.4, -0.2) is 98.6 Å². The Morgan fingerprint density at radius 1 is 1.04 bits per heavy atom. The highest BCUT2D eigenvalue weighted by atomic mass is 16.3. The molecule has 3 aliphatic rings. The van der Waals surface area contributed by atoms with E-state index in [1.165, 1.54) is 11.1 Å². The molecule has 2 aliphatic heterocycles. The molecule has 2 fully saturated rings. The molecule has 0 radical (unpaired) electrons. The molecule has 6 N–H and O–H groups in total. The highest BCUT2D eigenvalue weighted by Gasteiger charge is 2.44. The number of imidazole rings is 1. The standard InChI is InChI=1S/C34H42N10O3/c1-2-27(45)40-25-17-26(30(47)29(25)46)44-20-38-28-31(37-18-24(21-9-5-3-6-10-21)22-11-7-4-8-12-22)41-34(42-32(28)44)43-16-13-23(19-43)39-33-35-14-15-36-33/h3-12,20,23-26,29-30,46-47H,2,13-19H2,1H3,(H,40,45)(H2,35,36,39)(H,37,41,42)/t23-,25+,26-,29-,30+/m1/s1. The van der Waals surface area contributed by atoms with Crippen molar-refractivity contribution in [1.29, 1.82) is 0 Å². The lowest BCUT2D eigenvalue weighted by atomic mass is 9.91. The topological polar surface area (TPSA) is 165 Å². The summed E-state index contributed by atoms with van der Waals surface area (Å²) < 4.78 is 1.83. The molecule has 1 saturated heterocycles. The second-order valence-electron chi connectivity index (χ2n) is 12.5. The molecule has 5 atom stereocenters. The number of benzene rings is 2. The van der Waals surface area contributed by atoms with E-state index < -0.39 is 24.3 Å². The summed E-state index contributed by atoms with van der Waals surface area (Å²) in [6.45, 7) is 5.41. The molecule has 1 saturated carbocycles. The number of amides is 1. The second-order valence-corrected chi connectivity index (χ2v) is 12.5. The van der Waals surface area contributed by atoms with Gasteiger partial charge in [0.25, 0.3) is 0 Å². The molecule has 1 aliphatic carbocycles. The largest absolute Gasteiger partial charge is 0.388 e. The minimum atomic E-state index is -1.11. The number of hydrogen-bond donors (Lipinski definition) is 6. The molecule has 4 heterocycles. The normalized spacial score (nSPS) is 24.0. The van der Waals surface area contributed by atoms with Gasteiger partial charge in [-0.2, -0.15) is 9.97 Å². The third-order valence-corrected chi connectivity index (χ3v) is 9.45. The summed E-state index contributed by atoms with van der Waals surface area (Å²) in [5.41, 5.74) is 3.50. The van der Waals surface area contributed by atoms with Gasteiger partial charge in [-0.25, -0.2) is 4.98 Å². The van der Waals surface area contributed by atoms with Crippen LogP contribution in [0.3, 0.4) is 0 Å². The number of aliphatic hydroxyl groups is 2. The Morgan fingerprint density at radius 3 is 2.47 bits per heavy atom. The number of guanidine groups is 1. The summed E-state index contributed by atoms with van der Waals surface area (Å²) in [6, 6.07) is 19.9. The van der Waals surface area contributed by atoms with Crippen molar-refractivity contribution in [2.45, 2.75) is 62.4 Å². The first-order valence-corrected chi connectivity index (χ1v) is 16.5. The minimum Gasteiger partial charge on any atom is -0.388 e. The molecule has 4 aromatic rings. The number of hydrogen-bond acceptors (Lipinski definition) is 11. The Labute approximate surface area is 273 Å². The van der Waals surface area contributed by atoms with Crippen LogP contribution in [0.25, 0.3) is 11.2 Å². The van der Waals surface area contributed by atoms with Crippen molar-refractivity contribution in [3.05, 3.63) is 78.1 Å². The Balaban J connectivity index is 1.22. The molecular formula is C34H42N10O3. The average Bonchev–Trinajstić information content (AvgIpc) is 3.92. The van der Waals surface area contributed by atoms with Crippen molar-refractivity contribution < 1.29 is 15.0 Å². The first-order chi connectivity index (χ1) is 23.0. The first kappa shape index (κ1) is 30.9. The Kier molecular flexibility index (Phi) is 8.90. The predicted molar refractivity (Wildman–Crippen MR) is 180 cm³/mol. The molecule has 2 aromatic heterocycles. The zero-order chi connectivity index (χ0) is 32.3. The van der Waals surface area contributed by atoms with E-state index in [4.69, 9.17) is 15.0 Å². The summed E-state index contributed by atoms with van der Waals surface area (Å²) in [4.78, 5) is 33.6. The van der Waals surface area contributed by atoms with Gasteiger partial charge in [0.05, 0.1) is 25.0 Å². The van der Waals surface area contributed by atoms with Gasteiger partial charge in [0.2, 0.25) is 11.9 Å². The number of aromatic nitrogens is 4. The van der Waals surface area contributed by atoms with Gasteiger partial charge >= 0.3 is 0 Å². The van der Waals surface area contributed by atoms with Crippen LogP contribution in [0.1, 0.15) is 49.3 Å². The number of aliphatic imine (C=N–C) groups is 1. The van der Waals surface area contributed by atoms with Crippen molar-refractivity contribution >= 4 is 34.8 Å². The summed E-state index contributed by atoms with van der Waals surface area (Å²) >= 11 is 0. The van der Waals surface area contributed by atoms with E-state index in [0.29, 0.717) is 48.9 Å². The van der Waals surface area contributed by atoms with E-state index in [-0.39, 0.29) is 17.9 Å². The number of carbonyl (C=O) groups excluding carboxylic acids is 1. The molecule has 0 bridgehead atoms. The van der Waals surface area contributed by atoms with Crippen molar-refractivity contribution in [3.63, 3.8) is 0 Å². The zero-order valence-corrected chi connectivity index (χ0v) is 26.5. The maximum absolute atomic E-state index is 12.2. The number of anilines is 2. The minimum absolute atomic E-state index is 0.0581. The van der Waals surface area contributed by atoms with Crippen LogP contribution < -0.4 is 26.2 Å². The molecule has 47 heavy (non-hydrogen) atoms. The molecule has 0 spiro atoms. The fourth-order valence-corrected chi connectivity index (χ4v) is 6.89. The second kappa shape index (κ2) is 13.5. The fraction of sp³-hybridized carbons (Fsp3) is 0.441. The SMILES string of the molecule is CCC(=O)N[C@H]1C[C@@H](n2cnc3c(NCC(c4ccccc4)c4ccccc4)nc(N4CC[C@@H](NC5=NCCN5)C4)nc32)[C@H](O)[C@@H]1O. The molecule has 13 nitrogen and oxygen atoms in total. The molecule has 246 valence electrons. The summed E-state index contributed by atoms with van der Waals surface area (Å²) in [5.74, 6) is 1.88. The van der Waals surface area contributed by atoms with Crippen LogP contribution in [-0.2, 0) is 4.79 Å². The summed E-state index contributed by atoms with van der Waals surface area (Å²) in [5, 5.41) is 35.3. The van der Waals surface area contributed by atoms with Crippen molar-refractivity contribution in [3.8, 4) is 0 Å². The van der Waals surface area contributed by atoms with Crippen LogP contribution in [0.5, 0.6) is 0 Å². The Morgan fingerprint density at radius 2 is 1.79 bits per heavy atom. The van der Waals surface area contributed by atoms with E-state index in [0.717, 1.165) is 32.0 Å². The third-order valence-electron chi connectivity index (χ3n) is 9.45. The van der Waals surface area contributed by atoms with Crippen molar-refractivity contribution in [2.24, 2.45) is 4.99 Å². The van der Waals surface area contributed by atoms with Gasteiger partial charge in [0, 0.05) is 44.6 Å². The lowest BCUT2D eigenvalue weighted by molar-refractivity contribution is -0.122. The highest BCUT2D eigenvalue weighted by molar-refractivity contribution is 5.85. The lowest BCUT2D eigenvalue weighted by Crippen LogP contribution is -2.42. The number of rotatable bonds is 10. The average molecular weight is 639 g/mol. The van der Waals surface area contributed by atoms with Gasteiger partial charge in [-0.1, -0.05) is 67.6 Å². The molecule has 13 heteroatoms. The Hall–Kier alpha value is -4.75. The molecular weight excluding hydrogens is 596 g/mol. The van der Waals surface area contributed by atoms with Crippen LogP contribution in [0.4, 0.5) is 11.8 Å². The fourth-order valence-electron chi connectivity index (χ4n) is 6.89. The molecule has 1 amide bonds. The summed E-state index contributed by atoms with van der Waals surface area (Å²) in [6.07, 6.45) is 0.984. The van der Waals surface area contributed by atoms with Crippen LogP contribution in [0.15, 0.2) is 72.0 Å². The maximum atomic E-state index is 12.2. The number of aliphatic hydroxyl groups excluding tert-OH is 2. The van der Waals surface area contributed by atoms with Gasteiger partial charge in [0.15, 0.2) is 22.9 Å². The first-order valence-electron chi connectivity index (χ1n) is 16.5. The van der Waals surface area contributed by atoms with E-state index in [1.807, 2.05) is 16.7 Å². The number of carbonyl (C=O) groups is 1. The van der Waals surface area contributed by atoms with Gasteiger partial charge < -0.3 is 40.9 Å². The van der Waals surface area contributed by atoms with Crippen LogP contribution in [0, 0.1) is 0 Å². The van der Waals surface area contributed by atoms with Crippen molar-refractivity contribution in [1.82, 2.24) is 35.5 Å². The quantitative estimate of drug-likeness (QED) is 0.151. The third kappa shape index (κ3) is 6.45. The van der Waals surface area contributed by atoms with E-state index in [9.17, 15) is 15.0 Å². The van der Waals surface area contributed by atoms with Crippen molar-refractivity contribution in [2.75, 3.05) is 42.9 Å². The van der Waals surface area contributed by atoms with Crippen LogP contribution in [0.2, 0.25) is 0 Å². The summed E-state index contributed by atoms with van der Waals surface area (Å²) in [7, 11) is 0. The predicted octanol–water partition coefficient (Wildman–Crippen LogP) is 1.76. The van der Waals surface area contributed by atoms with E-state index in [2.05, 4.69) is 79.7 Å². The van der Waals surface area contributed by atoms with E-state index >= 15 is 0 Å². The zero-order valence-electron chi connectivity index (χ0n) is 26.5. The van der Waals surface area contributed by atoms with Gasteiger partial charge in [0.1, 0.15) is 12.2 Å². The van der Waals surface area contributed by atoms with Gasteiger partial charge in [-0.3, -0.25) is 9.79 Å². The number of nitrogens with zero attached hydrogens (tertiary/aromatic N) is 6. The highest BCUT2D eigenvalue weighted by Crippen LogP contribution is 2.35. The van der Waals surface area contributed by atoms with E-state index in [1.54, 1.807) is 13.3 Å². The number of nitrogens with one attached hydrogen (secondary N) is 4. The maximum Gasteiger partial charge on any atom is 0.229 e. The Bertz CT molecular complexity index is 1680. The van der Waals surface area contributed by atoms with Crippen LogP contribution >= 0.6 is 0 Å². The lowest BCUT2D eigenvalue weighted by Gasteiger charge is -2.22. The van der Waals surface area contributed by atoms with Gasteiger partial charge in [-0.05, 0) is 24.0 Å². The van der Waals surface area contributed by atoms with Gasteiger partial charge in [-0.15, -0.1) is 0 Å². The number of fused-ring (bicyclic) bond motifs is 1. The molecule has 2 aromatic carbocycles. The molecule has 7 rings (SSSR count).